The van der Waals surface area contributed by atoms with Crippen LogP contribution in [0.2, 0.25) is 0 Å². The number of allylic oxidation sites excluding steroid dienone is 1. The highest BCUT2D eigenvalue weighted by atomic mass is 32.2. The molecule has 1 aliphatic rings. The van der Waals surface area contributed by atoms with Crippen molar-refractivity contribution in [3.05, 3.63) is 94.6 Å². The van der Waals surface area contributed by atoms with E-state index in [2.05, 4.69) is 73.8 Å². The van der Waals surface area contributed by atoms with Gasteiger partial charge in [-0.2, -0.15) is 11.8 Å². The maximum Gasteiger partial charge on any atom is 0.326 e. The Hall–Kier alpha value is -3.22. The van der Waals surface area contributed by atoms with E-state index < -0.39 is 12.0 Å². The number of carboxylic acid groups (broad SMARTS) is 1. The number of aliphatic carboxylic acids is 1. The number of carboxylic acids is 1. The summed E-state index contributed by atoms with van der Waals surface area (Å²) in [4.78, 5) is 12.1. The van der Waals surface area contributed by atoms with Crippen LogP contribution in [0.1, 0.15) is 73.8 Å². The third-order valence-corrected chi connectivity index (χ3v) is 8.25. The van der Waals surface area contributed by atoms with Gasteiger partial charge in [-0.25, -0.2) is 4.79 Å². The maximum atomic E-state index is 12.1. The summed E-state index contributed by atoms with van der Waals surface area (Å²) in [6, 6.07) is 22.4. The van der Waals surface area contributed by atoms with E-state index in [0.717, 1.165) is 77.1 Å². The second-order valence-electron chi connectivity index (χ2n) is 10.7. The predicted octanol–water partition coefficient (Wildman–Crippen LogP) is 8.42. The molecule has 0 aromatic heterocycles. The van der Waals surface area contributed by atoms with Gasteiger partial charge in [0.05, 0.1) is 19.8 Å². The van der Waals surface area contributed by atoms with E-state index in [0.29, 0.717) is 13.0 Å². The summed E-state index contributed by atoms with van der Waals surface area (Å²) in [5, 5.41) is 13.4. The molecule has 5 nitrogen and oxygen atoms in total. The van der Waals surface area contributed by atoms with Crippen LogP contribution in [0.3, 0.4) is 0 Å². The van der Waals surface area contributed by atoms with Crippen molar-refractivity contribution < 1.29 is 19.4 Å². The number of thioether (sulfide) groups is 1. The molecule has 2 N–H and O–H groups in total. The molecule has 0 heterocycles. The molecule has 3 aromatic rings. The van der Waals surface area contributed by atoms with E-state index >= 15 is 0 Å². The fraction of sp³-hybridized carbons (Fsp3) is 0.400. The molecule has 3 aromatic carbocycles. The second-order valence-corrected chi connectivity index (χ2v) is 11.7. The maximum absolute atomic E-state index is 12.1. The molecule has 0 aliphatic heterocycles. The zero-order chi connectivity index (χ0) is 29.2. The van der Waals surface area contributed by atoms with Gasteiger partial charge in [0.25, 0.3) is 0 Å². The molecule has 1 saturated carbocycles. The highest BCUT2D eigenvalue weighted by molar-refractivity contribution is 7.98. The highest BCUT2D eigenvalue weighted by Gasteiger charge is 2.26. The molecular weight excluding hydrogens is 530 g/mol. The normalized spacial score (nSPS) is 13.9. The minimum atomic E-state index is -0.809. The monoisotopic (exact) mass is 573 g/mol. The SMILES string of the molecule is CCCCC(OCc1ccc(C(N[C@@H](CCSC)C(=O)O)=C2CC2)c(-c2ccccc2C)c1)c1cccc(OC)c1. The number of hydrogen-bond acceptors (Lipinski definition) is 5. The number of unbranched alkanes of at least 4 members (excludes halogenated alkanes) is 1. The Labute approximate surface area is 249 Å². The van der Waals surface area contributed by atoms with Crippen LogP contribution in [-0.4, -0.2) is 36.2 Å². The summed E-state index contributed by atoms with van der Waals surface area (Å²) in [5.41, 5.74) is 8.97. The Morgan fingerprint density at radius 3 is 2.51 bits per heavy atom. The molecule has 0 saturated heterocycles. The Balaban J connectivity index is 1.67. The van der Waals surface area contributed by atoms with E-state index in [9.17, 15) is 9.90 Å². The average molecular weight is 574 g/mol. The number of benzene rings is 3. The van der Waals surface area contributed by atoms with Crippen molar-refractivity contribution in [1.82, 2.24) is 5.32 Å². The smallest absolute Gasteiger partial charge is 0.326 e. The number of rotatable bonds is 16. The van der Waals surface area contributed by atoms with Crippen LogP contribution in [-0.2, 0) is 16.1 Å². The fourth-order valence-corrected chi connectivity index (χ4v) is 5.59. The minimum Gasteiger partial charge on any atom is -0.497 e. The molecule has 0 amide bonds. The zero-order valence-electron chi connectivity index (χ0n) is 24.7. The van der Waals surface area contributed by atoms with Crippen LogP contribution >= 0.6 is 11.8 Å². The Kier molecular flexibility index (Phi) is 11.3. The first-order valence-electron chi connectivity index (χ1n) is 14.6. The van der Waals surface area contributed by atoms with E-state index in [1.807, 2.05) is 18.4 Å². The molecular formula is C35H43NO4S. The van der Waals surface area contributed by atoms with E-state index in [4.69, 9.17) is 9.47 Å². The first-order valence-corrected chi connectivity index (χ1v) is 16.0. The molecule has 6 heteroatoms. The molecule has 218 valence electrons. The van der Waals surface area contributed by atoms with Crippen molar-refractivity contribution in [3.63, 3.8) is 0 Å². The average Bonchev–Trinajstić information content (AvgIpc) is 3.83. The number of aryl methyl sites for hydroxylation is 1. The van der Waals surface area contributed by atoms with Crippen LogP contribution in [0.15, 0.2) is 72.3 Å². The fourth-order valence-electron chi connectivity index (χ4n) is 5.12. The summed E-state index contributed by atoms with van der Waals surface area (Å²) in [6.45, 7) is 4.81. The van der Waals surface area contributed by atoms with Crippen LogP contribution in [0.5, 0.6) is 5.75 Å². The van der Waals surface area contributed by atoms with Crippen LogP contribution in [0, 0.1) is 6.92 Å². The van der Waals surface area contributed by atoms with Gasteiger partial charge in [0.2, 0.25) is 0 Å². The van der Waals surface area contributed by atoms with E-state index in [1.165, 1.54) is 11.1 Å². The van der Waals surface area contributed by atoms with Crippen LogP contribution in [0.4, 0.5) is 0 Å². The molecule has 0 radical (unpaired) electrons. The summed E-state index contributed by atoms with van der Waals surface area (Å²) in [5.74, 6) is 0.819. The van der Waals surface area contributed by atoms with Gasteiger partial charge >= 0.3 is 5.97 Å². The lowest BCUT2D eigenvalue weighted by Crippen LogP contribution is -2.36. The number of methoxy groups -OCH3 is 1. The van der Waals surface area contributed by atoms with Gasteiger partial charge in [-0.3, -0.25) is 0 Å². The van der Waals surface area contributed by atoms with Crippen molar-refractivity contribution >= 4 is 23.4 Å². The topological polar surface area (TPSA) is 67.8 Å². The van der Waals surface area contributed by atoms with Gasteiger partial charge in [-0.1, -0.05) is 68.3 Å². The summed E-state index contributed by atoms with van der Waals surface area (Å²) in [6.07, 6.45) is 7.68. The first-order chi connectivity index (χ1) is 19.9. The van der Waals surface area contributed by atoms with Gasteiger partial charge in [0.1, 0.15) is 11.8 Å². The minimum absolute atomic E-state index is 0.0230. The standard InChI is InChI=1S/C35H43NO4S/c1-5-6-14-33(27-11-9-12-28(22-27)39-3)40-23-25-15-18-30(31(21-25)29-13-8-7-10-24(29)2)34(26-16-17-26)36-32(35(37)38)19-20-41-4/h7-13,15,18,21-22,32-33,36H,5-6,14,16-17,19-20,23H2,1-4H3,(H,37,38)/t32-,33?/m0/s1. The second kappa shape index (κ2) is 15.1. The number of nitrogens with one attached hydrogen (secondary N) is 1. The van der Waals surface area contributed by atoms with Gasteiger partial charge in [0, 0.05) is 11.3 Å². The van der Waals surface area contributed by atoms with E-state index in [-0.39, 0.29) is 6.10 Å². The van der Waals surface area contributed by atoms with Crippen molar-refractivity contribution in [1.29, 1.82) is 0 Å². The Morgan fingerprint density at radius 1 is 1.02 bits per heavy atom. The van der Waals surface area contributed by atoms with Crippen molar-refractivity contribution in [2.75, 3.05) is 19.1 Å². The molecule has 0 spiro atoms. The summed E-state index contributed by atoms with van der Waals surface area (Å²) in [7, 11) is 1.69. The van der Waals surface area contributed by atoms with Crippen molar-refractivity contribution in [2.45, 2.75) is 71.1 Å². The predicted molar refractivity (Wildman–Crippen MR) is 170 cm³/mol. The molecule has 4 rings (SSSR count). The summed E-state index contributed by atoms with van der Waals surface area (Å²) >= 11 is 1.67. The number of hydrogen-bond donors (Lipinski definition) is 2. The molecule has 1 fully saturated rings. The van der Waals surface area contributed by atoms with Crippen molar-refractivity contribution in [2.24, 2.45) is 0 Å². The quantitative estimate of drug-likeness (QED) is 0.179. The zero-order valence-corrected chi connectivity index (χ0v) is 25.6. The largest absolute Gasteiger partial charge is 0.497 e. The molecule has 1 aliphatic carbocycles. The third-order valence-electron chi connectivity index (χ3n) is 7.61. The van der Waals surface area contributed by atoms with Gasteiger partial charge in [-0.15, -0.1) is 0 Å². The molecule has 1 unspecified atom stereocenters. The Morgan fingerprint density at radius 2 is 1.83 bits per heavy atom. The number of carbonyl (C=O) groups is 1. The van der Waals surface area contributed by atoms with Gasteiger partial charge in [-0.05, 0) is 96.2 Å². The molecule has 0 bridgehead atoms. The lowest BCUT2D eigenvalue weighted by molar-refractivity contribution is -0.139. The lowest BCUT2D eigenvalue weighted by Gasteiger charge is -2.23. The van der Waals surface area contributed by atoms with Crippen molar-refractivity contribution in [3.8, 4) is 16.9 Å². The summed E-state index contributed by atoms with van der Waals surface area (Å²) < 4.78 is 12.0. The molecule has 2 atom stereocenters. The Bertz CT molecular complexity index is 1350. The van der Waals surface area contributed by atoms with Crippen LogP contribution in [0.25, 0.3) is 16.8 Å². The van der Waals surface area contributed by atoms with Gasteiger partial charge < -0.3 is 19.9 Å². The highest BCUT2D eigenvalue weighted by Crippen LogP contribution is 2.40. The van der Waals surface area contributed by atoms with Gasteiger partial charge in [0.15, 0.2) is 0 Å². The lowest BCUT2D eigenvalue weighted by atomic mass is 9.92. The van der Waals surface area contributed by atoms with Crippen LogP contribution < -0.4 is 10.1 Å². The first kappa shape index (κ1) is 30.7. The number of ether oxygens (including phenoxy) is 2. The third kappa shape index (κ3) is 8.40. The molecule has 41 heavy (non-hydrogen) atoms. The van der Waals surface area contributed by atoms with E-state index in [1.54, 1.807) is 18.9 Å².